The maximum absolute atomic E-state index is 9.00. The van der Waals surface area contributed by atoms with Crippen molar-refractivity contribution in [1.82, 2.24) is 0 Å². The van der Waals surface area contributed by atoms with Gasteiger partial charge in [0.15, 0.2) is 0 Å². The lowest BCUT2D eigenvalue weighted by atomic mass is 10.3. The van der Waals surface area contributed by atoms with Crippen molar-refractivity contribution < 1.29 is 19.0 Å². The van der Waals surface area contributed by atoms with Gasteiger partial charge in [0.1, 0.15) is 17.2 Å². The van der Waals surface area contributed by atoms with Gasteiger partial charge in [0, 0.05) is 18.2 Å². The number of nitrogens with two attached hydrogens (primary N) is 2. The Morgan fingerprint density at radius 2 is 1.06 bits per heavy atom. The van der Waals surface area contributed by atoms with Crippen molar-refractivity contribution in [3.8, 4) is 17.2 Å². The number of ether oxygens (including phenoxy) is 3. The van der Waals surface area contributed by atoms with Crippen LogP contribution >= 0.6 is 0 Å². The third-order valence-electron chi connectivity index (χ3n) is 1.56. The first kappa shape index (κ1) is 13.9. The summed E-state index contributed by atoms with van der Waals surface area (Å²) in [4.78, 5) is 9.00. The quantitative estimate of drug-likeness (QED) is 0.797. The van der Waals surface area contributed by atoms with Crippen molar-refractivity contribution >= 4 is 6.03 Å². The second-order valence-electron chi connectivity index (χ2n) is 2.65. The number of amides is 2. The zero-order valence-corrected chi connectivity index (χ0v) is 9.52. The SMILES string of the molecule is COc1cc(OC)cc(OC)c1.NC(N)=O. The molecule has 6 heteroatoms. The molecular formula is C10H16N2O4. The molecule has 4 N–H and O–H groups in total. The van der Waals surface area contributed by atoms with Gasteiger partial charge in [0.25, 0.3) is 0 Å². The fraction of sp³-hybridized carbons (Fsp3) is 0.300. The third kappa shape index (κ3) is 5.58. The second kappa shape index (κ2) is 7.22. The van der Waals surface area contributed by atoms with Gasteiger partial charge < -0.3 is 25.7 Å². The average molecular weight is 228 g/mol. The Morgan fingerprint density at radius 3 is 1.19 bits per heavy atom. The monoisotopic (exact) mass is 228 g/mol. The summed E-state index contributed by atoms with van der Waals surface area (Å²) in [7, 11) is 4.82. The Hall–Kier alpha value is -2.11. The standard InChI is InChI=1S/C9H12O3.CH4N2O/c1-10-7-4-8(11-2)6-9(5-7)12-3;2-1(3)4/h4-6H,1-3H3;(H4,2,3,4). The minimum absolute atomic E-state index is 0.728. The van der Waals surface area contributed by atoms with Gasteiger partial charge in [0.05, 0.1) is 21.3 Å². The largest absolute Gasteiger partial charge is 0.496 e. The van der Waals surface area contributed by atoms with E-state index < -0.39 is 6.03 Å². The zero-order chi connectivity index (χ0) is 12.6. The highest BCUT2D eigenvalue weighted by Crippen LogP contribution is 2.26. The first-order valence-electron chi connectivity index (χ1n) is 4.35. The van der Waals surface area contributed by atoms with Crippen LogP contribution in [-0.4, -0.2) is 27.4 Å². The number of benzene rings is 1. The van der Waals surface area contributed by atoms with Gasteiger partial charge in [-0.3, -0.25) is 0 Å². The summed E-state index contributed by atoms with van der Waals surface area (Å²) in [5, 5.41) is 0. The Bertz CT molecular complexity index is 282. The van der Waals surface area contributed by atoms with Crippen molar-refractivity contribution in [3.05, 3.63) is 18.2 Å². The Morgan fingerprint density at radius 1 is 0.875 bits per heavy atom. The van der Waals surface area contributed by atoms with Gasteiger partial charge in [0.2, 0.25) is 0 Å². The van der Waals surface area contributed by atoms with E-state index in [1.165, 1.54) is 0 Å². The van der Waals surface area contributed by atoms with E-state index in [1.807, 2.05) is 0 Å². The molecule has 0 aliphatic rings. The van der Waals surface area contributed by atoms with Gasteiger partial charge in [-0.1, -0.05) is 0 Å². The zero-order valence-electron chi connectivity index (χ0n) is 9.52. The fourth-order valence-corrected chi connectivity index (χ4v) is 0.899. The van der Waals surface area contributed by atoms with Crippen LogP contribution in [0.1, 0.15) is 0 Å². The lowest BCUT2D eigenvalue weighted by Crippen LogP contribution is -2.18. The third-order valence-corrected chi connectivity index (χ3v) is 1.56. The van der Waals surface area contributed by atoms with Crippen LogP contribution in [-0.2, 0) is 0 Å². The molecule has 0 saturated carbocycles. The fourth-order valence-electron chi connectivity index (χ4n) is 0.899. The summed E-state index contributed by atoms with van der Waals surface area (Å²) in [6, 6.07) is 4.55. The summed E-state index contributed by atoms with van der Waals surface area (Å²) >= 11 is 0. The van der Waals surface area contributed by atoms with E-state index in [9.17, 15) is 0 Å². The molecule has 90 valence electrons. The van der Waals surface area contributed by atoms with E-state index >= 15 is 0 Å². The molecule has 0 fully saturated rings. The number of methoxy groups -OCH3 is 3. The average Bonchev–Trinajstić information content (AvgIpc) is 2.27. The number of rotatable bonds is 3. The van der Waals surface area contributed by atoms with Gasteiger partial charge in [-0.05, 0) is 0 Å². The minimum Gasteiger partial charge on any atom is -0.496 e. The van der Waals surface area contributed by atoms with Gasteiger partial charge in [-0.25, -0.2) is 4.79 Å². The van der Waals surface area contributed by atoms with E-state index in [1.54, 1.807) is 39.5 Å². The van der Waals surface area contributed by atoms with E-state index in [0.29, 0.717) is 0 Å². The number of hydrogen-bond acceptors (Lipinski definition) is 4. The number of carbonyl (C=O) groups is 1. The van der Waals surface area contributed by atoms with Crippen LogP contribution in [0.2, 0.25) is 0 Å². The van der Waals surface area contributed by atoms with Gasteiger partial charge in [-0.15, -0.1) is 0 Å². The topological polar surface area (TPSA) is 96.8 Å². The summed E-state index contributed by atoms with van der Waals surface area (Å²) < 4.78 is 15.1. The number of carbonyl (C=O) groups excluding carboxylic acids is 1. The smallest absolute Gasteiger partial charge is 0.309 e. The maximum atomic E-state index is 9.00. The molecule has 0 aliphatic carbocycles. The normalized spacial score (nSPS) is 8.44. The van der Waals surface area contributed by atoms with Crippen LogP contribution < -0.4 is 25.7 Å². The molecule has 1 aromatic rings. The van der Waals surface area contributed by atoms with Crippen LogP contribution in [0.25, 0.3) is 0 Å². The first-order valence-corrected chi connectivity index (χ1v) is 4.35. The molecule has 0 aromatic heterocycles. The molecule has 0 heterocycles. The molecule has 0 unspecified atom stereocenters. The predicted molar refractivity (Wildman–Crippen MR) is 59.9 cm³/mol. The Labute approximate surface area is 94.1 Å². The summed E-state index contributed by atoms with van der Waals surface area (Å²) in [6.45, 7) is 0. The lowest BCUT2D eigenvalue weighted by Gasteiger charge is -2.06. The highest BCUT2D eigenvalue weighted by Gasteiger charge is 2.00. The van der Waals surface area contributed by atoms with Crippen LogP contribution in [0.5, 0.6) is 17.2 Å². The van der Waals surface area contributed by atoms with Crippen molar-refractivity contribution in [3.63, 3.8) is 0 Å². The Balaban J connectivity index is 0.000000487. The van der Waals surface area contributed by atoms with Crippen LogP contribution in [0.4, 0.5) is 4.79 Å². The molecule has 0 spiro atoms. The molecule has 1 aromatic carbocycles. The van der Waals surface area contributed by atoms with Gasteiger partial charge in [-0.2, -0.15) is 0 Å². The van der Waals surface area contributed by atoms with Crippen molar-refractivity contribution in [2.75, 3.05) is 21.3 Å². The molecule has 0 bridgehead atoms. The molecule has 0 atom stereocenters. The van der Waals surface area contributed by atoms with Crippen LogP contribution in [0.3, 0.4) is 0 Å². The summed E-state index contributed by atoms with van der Waals surface area (Å²) in [6.07, 6.45) is 0. The maximum Gasteiger partial charge on any atom is 0.309 e. The minimum atomic E-state index is -0.833. The predicted octanol–water partition coefficient (Wildman–Crippen LogP) is 0.736. The molecular weight excluding hydrogens is 212 g/mol. The van der Waals surface area contributed by atoms with Crippen LogP contribution in [0, 0.1) is 0 Å². The summed E-state index contributed by atoms with van der Waals surface area (Å²) in [5.74, 6) is 2.18. The van der Waals surface area contributed by atoms with Crippen molar-refractivity contribution in [1.29, 1.82) is 0 Å². The van der Waals surface area contributed by atoms with E-state index in [4.69, 9.17) is 19.0 Å². The number of primary amides is 2. The molecule has 6 nitrogen and oxygen atoms in total. The molecule has 1 rings (SSSR count). The summed E-state index contributed by atoms with van der Waals surface area (Å²) in [5.41, 5.74) is 8.50. The first-order chi connectivity index (χ1) is 7.53. The Kier molecular flexibility index (Phi) is 6.27. The van der Waals surface area contributed by atoms with E-state index in [-0.39, 0.29) is 0 Å². The van der Waals surface area contributed by atoms with Crippen molar-refractivity contribution in [2.24, 2.45) is 11.5 Å². The van der Waals surface area contributed by atoms with Crippen molar-refractivity contribution in [2.45, 2.75) is 0 Å². The highest BCUT2D eigenvalue weighted by molar-refractivity contribution is 5.69. The molecule has 0 radical (unpaired) electrons. The second-order valence-corrected chi connectivity index (χ2v) is 2.65. The molecule has 16 heavy (non-hydrogen) atoms. The molecule has 2 amide bonds. The molecule has 0 saturated heterocycles. The number of hydrogen-bond donors (Lipinski definition) is 2. The molecule has 0 aliphatic heterocycles. The van der Waals surface area contributed by atoms with Crippen LogP contribution in [0.15, 0.2) is 18.2 Å². The van der Waals surface area contributed by atoms with E-state index in [0.717, 1.165) is 17.2 Å². The number of urea groups is 1. The van der Waals surface area contributed by atoms with E-state index in [2.05, 4.69) is 11.5 Å². The highest BCUT2D eigenvalue weighted by atomic mass is 16.5. The lowest BCUT2D eigenvalue weighted by molar-refractivity contribution is 0.256. The van der Waals surface area contributed by atoms with Gasteiger partial charge >= 0.3 is 6.03 Å².